The summed E-state index contributed by atoms with van der Waals surface area (Å²) in [5.74, 6) is 1.13. The van der Waals surface area contributed by atoms with Crippen LogP contribution in [0.4, 0.5) is 0 Å². The van der Waals surface area contributed by atoms with Gasteiger partial charge in [0.25, 0.3) is 0 Å². The van der Waals surface area contributed by atoms with Crippen molar-refractivity contribution >= 4 is 12.2 Å². The molecule has 2 aliphatic rings. The maximum atomic E-state index is 2.36. The van der Waals surface area contributed by atoms with Crippen LogP contribution in [-0.4, -0.2) is 0 Å². The van der Waals surface area contributed by atoms with Crippen molar-refractivity contribution in [2.24, 2.45) is 0 Å². The Kier molecular flexibility index (Phi) is 2.41. The molecule has 0 aromatic heterocycles. The van der Waals surface area contributed by atoms with Crippen LogP contribution < -0.4 is 0 Å². The zero-order valence-electron chi connectivity index (χ0n) is 10.8. The van der Waals surface area contributed by atoms with Crippen molar-refractivity contribution in [3.8, 4) is 0 Å². The van der Waals surface area contributed by atoms with Crippen molar-refractivity contribution in [2.75, 3.05) is 0 Å². The molecule has 0 fully saturated rings. The molecule has 0 spiro atoms. The Morgan fingerprint density at radius 2 is 1.11 bits per heavy atom. The Morgan fingerprint density at radius 1 is 0.632 bits per heavy atom. The summed E-state index contributed by atoms with van der Waals surface area (Å²) in [5.41, 5.74) is 5.76. The molecule has 0 heteroatoms. The average molecular weight is 244 g/mol. The van der Waals surface area contributed by atoms with Gasteiger partial charge in [-0.3, -0.25) is 0 Å². The van der Waals surface area contributed by atoms with E-state index in [0.717, 1.165) is 0 Å². The van der Waals surface area contributed by atoms with Crippen molar-refractivity contribution in [1.82, 2.24) is 0 Å². The van der Waals surface area contributed by atoms with Crippen LogP contribution >= 0.6 is 0 Å². The molecule has 0 aliphatic heterocycles. The summed E-state index contributed by atoms with van der Waals surface area (Å²) in [4.78, 5) is 0. The highest BCUT2D eigenvalue weighted by Crippen LogP contribution is 2.41. The van der Waals surface area contributed by atoms with Gasteiger partial charge in [-0.1, -0.05) is 72.8 Å². The number of hydrogen-bond acceptors (Lipinski definition) is 0. The lowest BCUT2D eigenvalue weighted by Gasteiger charge is -2.16. The molecule has 19 heavy (non-hydrogen) atoms. The van der Waals surface area contributed by atoms with Crippen molar-refractivity contribution in [1.29, 1.82) is 0 Å². The Balaban J connectivity index is 1.62. The second-order valence-electron chi connectivity index (χ2n) is 5.42. The van der Waals surface area contributed by atoms with Crippen LogP contribution in [0.15, 0.2) is 60.7 Å². The van der Waals surface area contributed by atoms with Gasteiger partial charge in [-0.05, 0) is 28.7 Å². The lowest BCUT2D eigenvalue weighted by Crippen LogP contribution is -2.00. The normalized spacial score (nSPS) is 22.5. The summed E-state index contributed by atoms with van der Waals surface area (Å²) in [6, 6.07) is 17.5. The number of fused-ring (bicyclic) bond motifs is 2. The highest BCUT2D eigenvalue weighted by molar-refractivity contribution is 5.65. The Bertz CT molecular complexity index is 616. The summed E-state index contributed by atoms with van der Waals surface area (Å²) in [7, 11) is 0. The fourth-order valence-electron chi connectivity index (χ4n) is 3.33. The van der Waals surface area contributed by atoms with Crippen LogP contribution in [0.2, 0.25) is 0 Å². The van der Waals surface area contributed by atoms with E-state index in [4.69, 9.17) is 0 Å². The molecule has 0 N–H and O–H groups in total. The number of rotatable bonds is 2. The smallest absolute Gasteiger partial charge is 0.00360 e. The highest BCUT2D eigenvalue weighted by atomic mass is 14.3. The van der Waals surface area contributed by atoms with E-state index in [1.54, 1.807) is 0 Å². The topological polar surface area (TPSA) is 0 Å². The minimum atomic E-state index is 0.567. The van der Waals surface area contributed by atoms with E-state index in [1.165, 1.54) is 28.7 Å². The second-order valence-corrected chi connectivity index (χ2v) is 5.42. The van der Waals surface area contributed by atoms with Gasteiger partial charge in [-0.15, -0.1) is 0 Å². The Labute approximate surface area is 114 Å². The van der Waals surface area contributed by atoms with Gasteiger partial charge in [-0.25, -0.2) is 0 Å². The molecule has 2 atom stereocenters. The van der Waals surface area contributed by atoms with Crippen LogP contribution in [0.3, 0.4) is 0 Å². The fraction of sp³-hybridized carbons (Fsp3) is 0.158. The summed E-state index contributed by atoms with van der Waals surface area (Å²) in [6.07, 6.45) is 10.4. The molecule has 0 radical (unpaired) electrons. The summed E-state index contributed by atoms with van der Waals surface area (Å²) >= 11 is 0. The molecule has 4 rings (SSSR count). The second kappa shape index (κ2) is 4.24. The molecule has 2 aliphatic carbocycles. The SMILES string of the molecule is C1=C[C@@H](C[C@@H]2C=Cc3ccccc32)c2ccccc21. The first-order chi connectivity index (χ1) is 9.42. The third-order valence-corrected chi connectivity index (χ3v) is 4.32. The molecular weight excluding hydrogens is 228 g/mol. The lowest BCUT2D eigenvalue weighted by molar-refractivity contribution is 0.686. The number of hydrogen-bond donors (Lipinski definition) is 0. The molecule has 0 bridgehead atoms. The monoisotopic (exact) mass is 244 g/mol. The van der Waals surface area contributed by atoms with Gasteiger partial charge < -0.3 is 0 Å². The van der Waals surface area contributed by atoms with Crippen molar-refractivity contribution in [3.05, 3.63) is 82.9 Å². The molecule has 2 aromatic rings. The first kappa shape index (κ1) is 10.8. The first-order valence-electron chi connectivity index (χ1n) is 6.96. The molecular formula is C19H16. The van der Waals surface area contributed by atoms with E-state index < -0.39 is 0 Å². The van der Waals surface area contributed by atoms with Crippen LogP contribution in [0.5, 0.6) is 0 Å². The van der Waals surface area contributed by atoms with E-state index in [0.29, 0.717) is 11.8 Å². The minimum absolute atomic E-state index is 0.567. The predicted molar refractivity (Wildman–Crippen MR) is 81.1 cm³/mol. The summed E-state index contributed by atoms with van der Waals surface area (Å²) in [6.45, 7) is 0. The molecule has 0 amide bonds. The van der Waals surface area contributed by atoms with E-state index in [2.05, 4.69) is 72.8 Å². The quantitative estimate of drug-likeness (QED) is 0.697. The highest BCUT2D eigenvalue weighted by Gasteiger charge is 2.23. The van der Waals surface area contributed by atoms with Crippen LogP contribution in [0, 0.1) is 0 Å². The maximum absolute atomic E-state index is 2.36. The summed E-state index contributed by atoms with van der Waals surface area (Å²) in [5, 5.41) is 0. The summed E-state index contributed by atoms with van der Waals surface area (Å²) < 4.78 is 0. The van der Waals surface area contributed by atoms with E-state index in [1.807, 2.05) is 0 Å². The lowest BCUT2D eigenvalue weighted by atomic mass is 9.87. The van der Waals surface area contributed by atoms with Crippen molar-refractivity contribution in [3.63, 3.8) is 0 Å². The molecule has 92 valence electrons. The first-order valence-corrected chi connectivity index (χ1v) is 6.96. The molecule has 0 nitrogen and oxygen atoms in total. The largest absolute Gasteiger partial charge is 0.0763 e. The Morgan fingerprint density at radius 3 is 1.63 bits per heavy atom. The van der Waals surface area contributed by atoms with Crippen LogP contribution in [-0.2, 0) is 0 Å². The van der Waals surface area contributed by atoms with Gasteiger partial charge in [0.05, 0.1) is 0 Å². The average Bonchev–Trinajstić information content (AvgIpc) is 3.05. The van der Waals surface area contributed by atoms with E-state index in [-0.39, 0.29) is 0 Å². The molecule has 0 saturated heterocycles. The van der Waals surface area contributed by atoms with E-state index >= 15 is 0 Å². The fourth-order valence-corrected chi connectivity index (χ4v) is 3.33. The minimum Gasteiger partial charge on any atom is -0.0763 e. The number of benzene rings is 2. The zero-order chi connectivity index (χ0) is 12.7. The van der Waals surface area contributed by atoms with Gasteiger partial charge >= 0.3 is 0 Å². The Hall–Kier alpha value is -2.08. The van der Waals surface area contributed by atoms with Crippen molar-refractivity contribution < 1.29 is 0 Å². The van der Waals surface area contributed by atoms with Crippen LogP contribution in [0.1, 0.15) is 40.5 Å². The number of allylic oxidation sites excluding steroid dienone is 2. The predicted octanol–water partition coefficient (Wildman–Crippen LogP) is 5.00. The molecule has 0 unspecified atom stereocenters. The standard InChI is InChI=1S/C19H16/c1-3-7-18-14(5-1)9-11-16(18)13-17-12-10-15-6-2-4-8-19(15)17/h1-12,16-17H,13H2/t16-,17-/m0/s1. The van der Waals surface area contributed by atoms with Gasteiger partial charge in [0.1, 0.15) is 0 Å². The third kappa shape index (κ3) is 1.76. The maximum Gasteiger partial charge on any atom is 0.00360 e. The molecule has 0 saturated carbocycles. The van der Waals surface area contributed by atoms with Gasteiger partial charge in [0, 0.05) is 11.8 Å². The van der Waals surface area contributed by atoms with Gasteiger partial charge in [0.2, 0.25) is 0 Å². The molecule has 2 aromatic carbocycles. The van der Waals surface area contributed by atoms with E-state index in [9.17, 15) is 0 Å². The van der Waals surface area contributed by atoms with Gasteiger partial charge in [0.15, 0.2) is 0 Å². The molecule has 0 heterocycles. The third-order valence-electron chi connectivity index (χ3n) is 4.32. The van der Waals surface area contributed by atoms with Gasteiger partial charge in [-0.2, -0.15) is 0 Å². The van der Waals surface area contributed by atoms with Crippen molar-refractivity contribution in [2.45, 2.75) is 18.3 Å². The van der Waals surface area contributed by atoms with Crippen LogP contribution in [0.25, 0.3) is 12.2 Å². The zero-order valence-corrected chi connectivity index (χ0v) is 10.8.